The number of hydrogen-bond acceptors (Lipinski definition) is 4. The van der Waals surface area contributed by atoms with Gasteiger partial charge in [0.2, 0.25) is 0 Å². The van der Waals surface area contributed by atoms with Crippen LogP contribution in [0.4, 0.5) is 0 Å². The molecule has 0 bridgehead atoms. The van der Waals surface area contributed by atoms with Crippen LogP contribution in [-0.2, 0) is 7.05 Å². The molecule has 17 heavy (non-hydrogen) atoms. The standard InChI is InChI=1S/C12H24N4O/c1-9(2)6-13-7-11(10(3)4)17-12-14-8-16(5)15-12/h8-11,13H,6-7H2,1-5H3. The summed E-state index contributed by atoms with van der Waals surface area (Å²) in [5.41, 5.74) is 0. The highest BCUT2D eigenvalue weighted by Crippen LogP contribution is 2.09. The second kappa shape index (κ2) is 6.59. The van der Waals surface area contributed by atoms with Crippen LogP contribution in [0.2, 0.25) is 0 Å². The number of nitrogens with one attached hydrogen (secondary N) is 1. The first-order valence-electron chi connectivity index (χ1n) is 6.22. The van der Waals surface area contributed by atoms with Crippen molar-refractivity contribution in [2.75, 3.05) is 13.1 Å². The summed E-state index contributed by atoms with van der Waals surface area (Å²) in [6.07, 6.45) is 1.75. The number of hydrogen-bond donors (Lipinski definition) is 1. The second-order valence-electron chi connectivity index (χ2n) is 5.15. The van der Waals surface area contributed by atoms with Gasteiger partial charge in [0.15, 0.2) is 0 Å². The molecular weight excluding hydrogens is 216 g/mol. The van der Waals surface area contributed by atoms with Crippen molar-refractivity contribution >= 4 is 0 Å². The van der Waals surface area contributed by atoms with Crippen LogP contribution in [0.15, 0.2) is 6.33 Å². The first-order valence-corrected chi connectivity index (χ1v) is 6.22. The molecule has 0 amide bonds. The Bertz CT molecular complexity index is 322. The van der Waals surface area contributed by atoms with Gasteiger partial charge in [0.25, 0.3) is 0 Å². The molecule has 1 aromatic rings. The molecule has 5 nitrogen and oxygen atoms in total. The third-order valence-electron chi connectivity index (χ3n) is 2.48. The van der Waals surface area contributed by atoms with Gasteiger partial charge in [-0.25, -0.2) is 0 Å². The van der Waals surface area contributed by atoms with Crippen molar-refractivity contribution in [1.29, 1.82) is 0 Å². The third-order valence-corrected chi connectivity index (χ3v) is 2.48. The molecular formula is C12H24N4O. The molecule has 5 heteroatoms. The van der Waals surface area contributed by atoms with Crippen LogP contribution in [-0.4, -0.2) is 34.0 Å². The van der Waals surface area contributed by atoms with Crippen LogP contribution in [0.25, 0.3) is 0 Å². The normalized spacial score (nSPS) is 13.4. The molecule has 0 aliphatic rings. The average Bonchev–Trinajstić information content (AvgIpc) is 2.62. The van der Waals surface area contributed by atoms with Crippen LogP contribution in [0.3, 0.4) is 0 Å². The van der Waals surface area contributed by atoms with Crippen LogP contribution >= 0.6 is 0 Å². The zero-order valence-electron chi connectivity index (χ0n) is 11.5. The van der Waals surface area contributed by atoms with E-state index in [4.69, 9.17) is 4.74 Å². The zero-order valence-corrected chi connectivity index (χ0v) is 11.5. The average molecular weight is 240 g/mol. The van der Waals surface area contributed by atoms with E-state index in [9.17, 15) is 0 Å². The van der Waals surface area contributed by atoms with Crippen LogP contribution in [0, 0.1) is 11.8 Å². The molecule has 0 saturated heterocycles. The van der Waals surface area contributed by atoms with Crippen LogP contribution < -0.4 is 10.1 Å². The van der Waals surface area contributed by atoms with Gasteiger partial charge in [0.1, 0.15) is 12.4 Å². The Kier molecular flexibility index (Phi) is 5.41. The van der Waals surface area contributed by atoms with Crippen LogP contribution in [0.5, 0.6) is 6.01 Å². The first-order chi connectivity index (χ1) is 7.99. The van der Waals surface area contributed by atoms with Crippen molar-refractivity contribution in [3.8, 4) is 6.01 Å². The molecule has 1 atom stereocenters. The minimum absolute atomic E-state index is 0.108. The monoisotopic (exact) mass is 240 g/mol. The largest absolute Gasteiger partial charge is 0.457 e. The van der Waals surface area contributed by atoms with Gasteiger partial charge in [0.05, 0.1) is 0 Å². The third kappa shape index (κ3) is 5.17. The summed E-state index contributed by atoms with van der Waals surface area (Å²) in [5, 5.41) is 7.54. The van der Waals surface area contributed by atoms with E-state index in [0.717, 1.165) is 13.1 Å². The lowest BCUT2D eigenvalue weighted by atomic mass is 10.1. The Morgan fingerprint density at radius 1 is 1.29 bits per heavy atom. The second-order valence-corrected chi connectivity index (χ2v) is 5.15. The summed E-state index contributed by atoms with van der Waals surface area (Å²) in [6, 6.07) is 0.456. The fourth-order valence-electron chi connectivity index (χ4n) is 1.44. The lowest BCUT2D eigenvalue weighted by Crippen LogP contribution is -2.37. The lowest BCUT2D eigenvalue weighted by molar-refractivity contribution is 0.135. The van der Waals surface area contributed by atoms with Gasteiger partial charge in [-0.3, -0.25) is 4.68 Å². The highest BCUT2D eigenvalue weighted by atomic mass is 16.5. The van der Waals surface area contributed by atoms with Gasteiger partial charge >= 0.3 is 6.01 Å². The molecule has 0 spiro atoms. The molecule has 1 rings (SSSR count). The van der Waals surface area contributed by atoms with Gasteiger partial charge in [-0.1, -0.05) is 27.7 Å². The number of nitrogens with zero attached hydrogens (tertiary/aromatic N) is 3. The Morgan fingerprint density at radius 3 is 2.47 bits per heavy atom. The summed E-state index contributed by atoms with van der Waals surface area (Å²) >= 11 is 0. The molecule has 0 saturated carbocycles. The predicted molar refractivity (Wildman–Crippen MR) is 68.0 cm³/mol. The predicted octanol–water partition coefficient (Wildman–Crippen LogP) is 1.46. The van der Waals surface area contributed by atoms with Crippen molar-refractivity contribution in [1.82, 2.24) is 20.1 Å². The van der Waals surface area contributed by atoms with Gasteiger partial charge in [-0.15, -0.1) is 5.10 Å². The van der Waals surface area contributed by atoms with Crippen LogP contribution in [0.1, 0.15) is 27.7 Å². The topological polar surface area (TPSA) is 52.0 Å². The molecule has 0 aromatic carbocycles. The number of ether oxygens (including phenoxy) is 1. The molecule has 1 heterocycles. The molecule has 1 aromatic heterocycles. The zero-order chi connectivity index (χ0) is 12.8. The minimum Gasteiger partial charge on any atom is -0.457 e. The summed E-state index contributed by atoms with van der Waals surface area (Å²) in [4.78, 5) is 4.08. The van der Waals surface area contributed by atoms with Crippen molar-refractivity contribution in [2.24, 2.45) is 18.9 Å². The SMILES string of the molecule is CC(C)CNCC(Oc1ncn(C)n1)C(C)C. The van der Waals surface area contributed by atoms with E-state index >= 15 is 0 Å². The Labute approximate surface area is 104 Å². The van der Waals surface area contributed by atoms with Crippen molar-refractivity contribution in [2.45, 2.75) is 33.8 Å². The Hall–Kier alpha value is -1.10. The Balaban J connectivity index is 2.43. The summed E-state index contributed by atoms with van der Waals surface area (Å²) < 4.78 is 7.42. The van der Waals surface area contributed by atoms with E-state index in [0.29, 0.717) is 17.8 Å². The number of aryl methyl sites for hydroxylation is 1. The summed E-state index contributed by atoms with van der Waals surface area (Å²) in [7, 11) is 1.83. The molecule has 0 aliphatic heterocycles. The van der Waals surface area contributed by atoms with Gasteiger partial charge in [0, 0.05) is 13.6 Å². The maximum atomic E-state index is 5.77. The lowest BCUT2D eigenvalue weighted by Gasteiger charge is -2.21. The van der Waals surface area contributed by atoms with E-state index in [1.54, 1.807) is 11.0 Å². The van der Waals surface area contributed by atoms with Crippen molar-refractivity contribution in [3.05, 3.63) is 6.33 Å². The van der Waals surface area contributed by atoms with Gasteiger partial charge in [-0.2, -0.15) is 4.98 Å². The summed E-state index contributed by atoms with van der Waals surface area (Å²) in [6.45, 7) is 10.5. The maximum Gasteiger partial charge on any atom is 0.335 e. The van der Waals surface area contributed by atoms with Crippen molar-refractivity contribution < 1.29 is 4.74 Å². The van der Waals surface area contributed by atoms with Crippen molar-refractivity contribution in [3.63, 3.8) is 0 Å². The quantitative estimate of drug-likeness (QED) is 0.784. The molecule has 1 N–H and O–H groups in total. The fourth-order valence-corrected chi connectivity index (χ4v) is 1.44. The number of aromatic nitrogens is 3. The van der Waals surface area contributed by atoms with Gasteiger partial charge in [-0.05, 0) is 18.4 Å². The molecule has 1 unspecified atom stereocenters. The summed E-state index contributed by atoms with van der Waals surface area (Å²) in [5.74, 6) is 1.08. The van der Waals surface area contributed by atoms with E-state index in [2.05, 4.69) is 43.1 Å². The minimum atomic E-state index is 0.108. The van der Waals surface area contributed by atoms with E-state index < -0.39 is 0 Å². The van der Waals surface area contributed by atoms with E-state index in [1.807, 2.05) is 7.05 Å². The van der Waals surface area contributed by atoms with E-state index in [-0.39, 0.29) is 6.10 Å². The van der Waals surface area contributed by atoms with E-state index in [1.165, 1.54) is 0 Å². The molecule has 0 radical (unpaired) electrons. The first kappa shape index (κ1) is 14.0. The Morgan fingerprint density at radius 2 is 2.00 bits per heavy atom. The molecule has 0 aliphatic carbocycles. The molecule has 0 fully saturated rings. The highest BCUT2D eigenvalue weighted by molar-refractivity contribution is 4.89. The van der Waals surface area contributed by atoms with Gasteiger partial charge < -0.3 is 10.1 Å². The fraction of sp³-hybridized carbons (Fsp3) is 0.833. The molecule has 98 valence electrons. The highest BCUT2D eigenvalue weighted by Gasteiger charge is 2.16. The maximum absolute atomic E-state index is 5.77. The number of rotatable bonds is 7. The smallest absolute Gasteiger partial charge is 0.335 e.